The van der Waals surface area contributed by atoms with Crippen molar-refractivity contribution in [2.24, 2.45) is 0 Å². The van der Waals surface area contributed by atoms with Gasteiger partial charge in [0.25, 0.3) is 0 Å². The number of rotatable bonds is 3. The average Bonchev–Trinajstić information content (AvgIpc) is 2.34. The maximum absolute atomic E-state index is 6.04. The van der Waals surface area contributed by atoms with E-state index < -0.39 is 0 Å². The zero-order valence-electron chi connectivity index (χ0n) is 9.41. The number of hydrogen-bond acceptors (Lipinski definition) is 1. The van der Waals surface area contributed by atoms with Crippen molar-refractivity contribution in [1.29, 1.82) is 0 Å². The summed E-state index contributed by atoms with van der Waals surface area (Å²) in [6, 6.07) is 13.5. The summed E-state index contributed by atoms with van der Waals surface area (Å²) in [5.41, 5.74) is 1.99. The summed E-state index contributed by atoms with van der Waals surface area (Å²) in [4.78, 5) is 0. The molecule has 0 N–H and O–H groups in total. The van der Waals surface area contributed by atoms with E-state index in [0.717, 1.165) is 11.1 Å². The first-order valence-corrected chi connectivity index (χ1v) is 6.05. The molecule has 17 heavy (non-hydrogen) atoms. The second-order valence-electron chi connectivity index (χ2n) is 3.79. The van der Waals surface area contributed by atoms with Crippen molar-refractivity contribution < 1.29 is 4.74 Å². The molecule has 88 valence electrons. The van der Waals surface area contributed by atoms with Crippen molar-refractivity contribution in [1.82, 2.24) is 0 Å². The molecule has 0 amide bonds. The van der Waals surface area contributed by atoms with Gasteiger partial charge in [-0.05, 0) is 30.2 Å². The molecule has 0 bridgehead atoms. The second kappa shape index (κ2) is 5.44. The Labute approximate surface area is 111 Å². The summed E-state index contributed by atoms with van der Waals surface area (Å²) in [5, 5.41) is 1.25. The van der Waals surface area contributed by atoms with Crippen molar-refractivity contribution in [3.63, 3.8) is 0 Å². The molecule has 0 aromatic heterocycles. The van der Waals surface area contributed by atoms with Gasteiger partial charge in [-0.2, -0.15) is 0 Å². The largest absolute Gasteiger partial charge is 0.489 e. The van der Waals surface area contributed by atoms with E-state index >= 15 is 0 Å². The number of ether oxygens (including phenoxy) is 1. The van der Waals surface area contributed by atoms with Gasteiger partial charge in [0.15, 0.2) is 0 Å². The van der Waals surface area contributed by atoms with Gasteiger partial charge in [0.2, 0.25) is 0 Å². The third-order valence-electron chi connectivity index (χ3n) is 2.50. The molecule has 0 radical (unpaired) electrons. The fourth-order valence-electron chi connectivity index (χ4n) is 1.45. The predicted molar refractivity (Wildman–Crippen MR) is 72.0 cm³/mol. The van der Waals surface area contributed by atoms with E-state index in [0.29, 0.717) is 22.4 Å². The molecule has 0 aliphatic rings. The lowest BCUT2D eigenvalue weighted by molar-refractivity contribution is 0.306. The van der Waals surface area contributed by atoms with Crippen LogP contribution in [0.2, 0.25) is 10.0 Å². The van der Waals surface area contributed by atoms with Gasteiger partial charge in [0.05, 0.1) is 0 Å². The van der Waals surface area contributed by atoms with Gasteiger partial charge in [-0.1, -0.05) is 53.5 Å². The van der Waals surface area contributed by atoms with Crippen LogP contribution >= 0.6 is 23.2 Å². The first kappa shape index (κ1) is 12.3. The summed E-state index contributed by atoms with van der Waals surface area (Å²) in [6.07, 6.45) is 0. The topological polar surface area (TPSA) is 9.23 Å². The minimum Gasteiger partial charge on any atom is -0.489 e. The van der Waals surface area contributed by atoms with Crippen LogP contribution in [-0.2, 0) is 6.61 Å². The number of hydrogen-bond donors (Lipinski definition) is 0. The summed E-state index contributed by atoms with van der Waals surface area (Å²) < 4.78 is 5.64. The van der Waals surface area contributed by atoms with Crippen molar-refractivity contribution in [3.8, 4) is 5.75 Å². The standard InChI is InChI=1S/C14H12Cl2O/c1-10-13(15)7-12(8-14(10)16)17-9-11-5-3-2-4-6-11/h2-8H,9H2,1H3. The molecule has 0 atom stereocenters. The lowest BCUT2D eigenvalue weighted by Crippen LogP contribution is -1.95. The van der Waals surface area contributed by atoms with E-state index in [1.165, 1.54) is 0 Å². The third kappa shape index (κ3) is 3.15. The van der Waals surface area contributed by atoms with Gasteiger partial charge >= 0.3 is 0 Å². The Kier molecular flexibility index (Phi) is 3.93. The molecule has 0 saturated carbocycles. The Morgan fingerprint density at radius 3 is 2.18 bits per heavy atom. The van der Waals surface area contributed by atoms with Crippen LogP contribution in [-0.4, -0.2) is 0 Å². The molecule has 2 rings (SSSR count). The van der Waals surface area contributed by atoms with Gasteiger partial charge in [-0.25, -0.2) is 0 Å². The zero-order chi connectivity index (χ0) is 12.3. The minimum absolute atomic E-state index is 0.510. The number of benzene rings is 2. The molecule has 0 fully saturated rings. The van der Waals surface area contributed by atoms with Crippen molar-refractivity contribution in [2.75, 3.05) is 0 Å². The Morgan fingerprint density at radius 2 is 1.59 bits per heavy atom. The summed E-state index contributed by atoms with van der Waals surface area (Å²) >= 11 is 12.1. The van der Waals surface area contributed by atoms with E-state index in [2.05, 4.69) is 0 Å². The molecular weight excluding hydrogens is 255 g/mol. The monoisotopic (exact) mass is 266 g/mol. The second-order valence-corrected chi connectivity index (χ2v) is 4.60. The van der Waals surface area contributed by atoms with Gasteiger partial charge < -0.3 is 4.74 Å². The van der Waals surface area contributed by atoms with Crippen LogP contribution in [0.1, 0.15) is 11.1 Å². The highest BCUT2D eigenvalue weighted by Crippen LogP contribution is 2.29. The Bertz CT molecular complexity index is 486. The SMILES string of the molecule is Cc1c(Cl)cc(OCc2ccccc2)cc1Cl. The average molecular weight is 267 g/mol. The number of halogens is 2. The van der Waals surface area contributed by atoms with Crippen LogP contribution in [0.15, 0.2) is 42.5 Å². The molecule has 0 aliphatic carbocycles. The van der Waals surface area contributed by atoms with Gasteiger partial charge in [0.1, 0.15) is 12.4 Å². The summed E-state index contributed by atoms with van der Waals surface area (Å²) in [5.74, 6) is 0.689. The molecule has 3 heteroatoms. The smallest absolute Gasteiger partial charge is 0.122 e. The van der Waals surface area contributed by atoms with E-state index in [1.807, 2.05) is 37.3 Å². The summed E-state index contributed by atoms with van der Waals surface area (Å²) in [6.45, 7) is 2.39. The van der Waals surface area contributed by atoms with Crippen molar-refractivity contribution in [2.45, 2.75) is 13.5 Å². The molecule has 2 aromatic carbocycles. The van der Waals surface area contributed by atoms with Crippen molar-refractivity contribution >= 4 is 23.2 Å². The molecule has 1 nitrogen and oxygen atoms in total. The van der Waals surface area contributed by atoms with Crippen LogP contribution in [0.3, 0.4) is 0 Å². The van der Waals surface area contributed by atoms with Crippen LogP contribution in [0.25, 0.3) is 0 Å². The normalized spacial score (nSPS) is 10.3. The Hall–Kier alpha value is -1.18. The maximum atomic E-state index is 6.04. The van der Waals surface area contributed by atoms with Crippen molar-refractivity contribution in [3.05, 3.63) is 63.6 Å². The van der Waals surface area contributed by atoms with Gasteiger partial charge in [-0.3, -0.25) is 0 Å². The van der Waals surface area contributed by atoms with Crippen LogP contribution in [0.4, 0.5) is 0 Å². The molecule has 0 saturated heterocycles. The van der Waals surface area contributed by atoms with E-state index in [4.69, 9.17) is 27.9 Å². The first-order chi connectivity index (χ1) is 8.16. The fraction of sp³-hybridized carbons (Fsp3) is 0.143. The van der Waals surface area contributed by atoms with E-state index in [1.54, 1.807) is 12.1 Å². The lowest BCUT2D eigenvalue weighted by Gasteiger charge is -2.09. The molecule has 0 aliphatic heterocycles. The highest BCUT2D eigenvalue weighted by atomic mass is 35.5. The molecule has 0 unspecified atom stereocenters. The van der Waals surface area contributed by atoms with Gasteiger partial charge in [0, 0.05) is 10.0 Å². The molecular formula is C14H12Cl2O. The quantitative estimate of drug-likeness (QED) is 0.770. The van der Waals surface area contributed by atoms with Crippen LogP contribution in [0, 0.1) is 6.92 Å². The van der Waals surface area contributed by atoms with E-state index in [9.17, 15) is 0 Å². The Balaban J connectivity index is 2.10. The van der Waals surface area contributed by atoms with Crippen LogP contribution < -0.4 is 4.74 Å². The third-order valence-corrected chi connectivity index (χ3v) is 3.29. The lowest BCUT2D eigenvalue weighted by atomic mass is 10.2. The summed E-state index contributed by atoms with van der Waals surface area (Å²) in [7, 11) is 0. The first-order valence-electron chi connectivity index (χ1n) is 5.29. The molecule has 2 aromatic rings. The van der Waals surface area contributed by atoms with E-state index in [-0.39, 0.29) is 0 Å². The predicted octanol–water partition coefficient (Wildman–Crippen LogP) is 4.88. The zero-order valence-corrected chi connectivity index (χ0v) is 10.9. The maximum Gasteiger partial charge on any atom is 0.122 e. The highest BCUT2D eigenvalue weighted by Gasteiger charge is 2.04. The Morgan fingerprint density at radius 1 is 1.00 bits per heavy atom. The minimum atomic E-state index is 0.510. The molecule has 0 spiro atoms. The highest BCUT2D eigenvalue weighted by molar-refractivity contribution is 6.36. The molecule has 0 heterocycles. The fourth-order valence-corrected chi connectivity index (χ4v) is 1.91. The van der Waals surface area contributed by atoms with Crippen LogP contribution in [0.5, 0.6) is 5.75 Å². The van der Waals surface area contributed by atoms with Gasteiger partial charge in [-0.15, -0.1) is 0 Å².